The van der Waals surface area contributed by atoms with Crippen LogP contribution in [0.5, 0.6) is 0 Å². The van der Waals surface area contributed by atoms with Crippen molar-refractivity contribution in [3.05, 3.63) is 35.6 Å². The topological polar surface area (TPSA) is 66.8 Å². The van der Waals surface area contributed by atoms with Gasteiger partial charge in [0.1, 0.15) is 12.4 Å². The van der Waals surface area contributed by atoms with E-state index in [4.69, 9.17) is 9.84 Å². The van der Waals surface area contributed by atoms with Gasteiger partial charge in [-0.2, -0.15) is 0 Å². The maximum absolute atomic E-state index is 12.9. The van der Waals surface area contributed by atoms with Gasteiger partial charge in [-0.15, -0.1) is 0 Å². The maximum Gasteiger partial charge on any atom is 0.410 e. The summed E-state index contributed by atoms with van der Waals surface area (Å²) in [5, 5.41) is 8.77. The van der Waals surface area contributed by atoms with Crippen molar-refractivity contribution < 1.29 is 23.8 Å². The maximum atomic E-state index is 12.9. The van der Waals surface area contributed by atoms with Crippen LogP contribution in [-0.4, -0.2) is 34.2 Å². The minimum absolute atomic E-state index is 0.0347. The second-order valence-electron chi connectivity index (χ2n) is 5.16. The van der Waals surface area contributed by atoms with Crippen molar-refractivity contribution in [2.75, 3.05) is 6.61 Å². The van der Waals surface area contributed by atoms with E-state index in [1.807, 2.05) is 0 Å². The lowest BCUT2D eigenvalue weighted by Gasteiger charge is -2.31. The van der Waals surface area contributed by atoms with Crippen molar-refractivity contribution in [1.29, 1.82) is 0 Å². The molecule has 20 heavy (non-hydrogen) atoms. The Morgan fingerprint density at radius 1 is 1.45 bits per heavy atom. The van der Waals surface area contributed by atoms with Gasteiger partial charge in [-0.1, -0.05) is 12.1 Å². The number of carbonyl (C=O) groups excluding carboxylic acids is 1. The Bertz CT molecular complexity index is 516. The zero-order valence-corrected chi connectivity index (χ0v) is 11.1. The van der Waals surface area contributed by atoms with Crippen LogP contribution in [0.2, 0.25) is 0 Å². The number of amides is 1. The summed E-state index contributed by atoms with van der Waals surface area (Å²) in [4.78, 5) is 24.0. The summed E-state index contributed by atoms with van der Waals surface area (Å²) in [6.45, 7) is 2.24. The fourth-order valence-corrected chi connectivity index (χ4v) is 2.20. The van der Waals surface area contributed by atoms with Crippen LogP contribution in [-0.2, 0) is 16.1 Å². The first kappa shape index (κ1) is 14.3. The van der Waals surface area contributed by atoms with E-state index in [2.05, 4.69) is 0 Å². The van der Waals surface area contributed by atoms with Gasteiger partial charge in [0.25, 0.3) is 0 Å². The number of hydrogen-bond donors (Lipinski definition) is 1. The van der Waals surface area contributed by atoms with Gasteiger partial charge in [0.2, 0.25) is 0 Å². The molecule has 1 heterocycles. The van der Waals surface area contributed by atoms with Gasteiger partial charge in [-0.3, -0.25) is 9.69 Å². The molecule has 0 aliphatic carbocycles. The number of hydrogen-bond acceptors (Lipinski definition) is 3. The molecule has 0 radical (unpaired) electrons. The van der Waals surface area contributed by atoms with Gasteiger partial charge in [0.05, 0.1) is 5.54 Å². The van der Waals surface area contributed by atoms with E-state index in [9.17, 15) is 14.0 Å². The van der Waals surface area contributed by atoms with E-state index in [1.165, 1.54) is 17.0 Å². The summed E-state index contributed by atoms with van der Waals surface area (Å²) in [6, 6.07) is 5.84. The molecule has 1 N–H and O–H groups in total. The third kappa shape index (κ3) is 3.07. The number of carbonyl (C=O) groups is 2. The molecule has 6 heteroatoms. The molecule has 1 aliphatic rings. The van der Waals surface area contributed by atoms with E-state index in [-0.39, 0.29) is 25.4 Å². The van der Waals surface area contributed by atoms with Crippen molar-refractivity contribution in [3.63, 3.8) is 0 Å². The number of halogens is 1. The van der Waals surface area contributed by atoms with Crippen molar-refractivity contribution in [3.8, 4) is 0 Å². The second kappa shape index (κ2) is 5.48. The van der Waals surface area contributed by atoms with Crippen molar-refractivity contribution in [2.45, 2.75) is 31.8 Å². The predicted molar refractivity (Wildman–Crippen MR) is 68.6 cm³/mol. The fourth-order valence-electron chi connectivity index (χ4n) is 2.20. The molecule has 0 bridgehead atoms. The highest BCUT2D eigenvalue weighted by molar-refractivity contribution is 5.72. The molecule has 1 unspecified atom stereocenters. The van der Waals surface area contributed by atoms with Gasteiger partial charge in [0, 0.05) is 13.0 Å². The summed E-state index contributed by atoms with van der Waals surface area (Å²) < 4.78 is 17.9. The lowest BCUT2D eigenvalue weighted by atomic mass is 9.95. The highest BCUT2D eigenvalue weighted by Crippen LogP contribution is 2.30. The SMILES string of the molecule is CC1(CCC(=O)O)COC(=O)N1Cc1ccc(F)cc1. The number of carboxylic acids is 1. The number of ether oxygens (including phenoxy) is 1. The molecule has 1 amide bonds. The molecule has 1 fully saturated rings. The highest BCUT2D eigenvalue weighted by Gasteiger charge is 2.43. The zero-order chi connectivity index (χ0) is 14.8. The number of benzene rings is 1. The minimum Gasteiger partial charge on any atom is -0.481 e. The quantitative estimate of drug-likeness (QED) is 0.900. The Balaban J connectivity index is 2.11. The molecular weight excluding hydrogens is 265 g/mol. The molecule has 5 nitrogen and oxygen atoms in total. The molecule has 108 valence electrons. The molecular formula is C14H16FNO4. The van der Waals surface area contributed by atoms with Crippen LogP contribution >= 0.6 is 0 Å². The van der Waals surface area contributed by atoms with Crippen LogP contribution in [0.25, 0.3) is 0 Å². The lowest BCUT2D eigenvalue weighted by molar-refractivity contribution is -0.137. The van der Waals surface area contributed by atoms with E-state index < -0.39 is 17.6 Å². The summed E-state index contributed by atoms with van der Waals surface area (Å²) in [5.74, 6) is -1.25. The summed E-state index contributed by atoms with van der Waals surface area (Å²) in [5.41, 5.74) is 0.121. The highest BCUT2D eigenvalue weighted by atomic mass is 19.1. The largest absolute Gasteiger partial charge is 0.481 e. The lowest BCUT2D eigenvalue weighted by Crippen LogP contribution is -2.44. The van der Waals surface area contributed by atoms with Crippen LogP contribution in [0.1, 0.15) is 25.3 Å². The number of aliphatic carboxylic acids is 1. The normalized spacial score (nSPS) is 21.9. The number of carboxylic acid groups (broad SMARTS) is 1. The zero-order valence-electron chi connectivity index (χ0n) is 11.1. The molecule has 1 aromatic rings. The molecule has 1 atom stereocenters. The van der Waals surface area contributed by atoms with E-state index in [0.29, 0.717) is 6.42 Å². The number of nitrogens with zero attached hydrogens (tertiary/aromatic N) is 1. The summed E-state index contributed by atoms with van der Waals surface area (Å²) in [7, 11) is 0. The molecule has 1 saturated heterocycles. The Morgan fingerprint density at radius 2 is 2.10 bits per heavy atom. The number of rotatable bonds is 5. The summed E-state index contributed by atoms with van der Waals surface area (Å²) >= 11 is 0. The van der Waals surface area contributed by atoms with Gasteiger partial charge in [0.15, 0.2) is 0 Å². The Kier molecular flexibility index (Phi) is 3.92. The van der Waals surface area contributed by atoms with Gasteiger partial charge >= 0.3 is 12.1 Å². The first-order valence-electron chi connectivity index (χ1n) is 6.31. The number of cyclic esters (lactones) is 1. The van der Waals surface area contributed by atoms with Gasteiger partial charge in [-0.25, -0.2) is 9.18 Å². The minimum atomic E-state index is -0.910. The molecule has 2 rings (SSSR count). The molecule has 0 spiro atoms. The smallest absolute Gasteiger partial charge is 0.410 e. The molecule has 1 aliphatic heterocycles. The van der Waals surface area contributed by atoms with Crippen LogP contribution in [0, 0.1) is 5.82 Å². The average molecular weight is 281 g/mol. The van der Waals surface area contributed by atoms with Crippen LogP contribution in [0.4, 0.5) is 9.18 Å². The first-order chi connectivity index (χ1) is 9.40. The van der Waals surface area contributed by atoms with Crippen molar-refractivity contribution in [1.82, 2.24) is 4.90 Å². The summed E-state index contributed by atoms with van der Waals surface area (Å²) in [6.07, 6.45) is -0.190. The third-order valence-corrected chi connectivity index (χ3v) is 3.51. The van der Waals surface area contributed by atoms with E-state index >= 15 is 0 Å². The molecule has 0 saturated carbocycles. The third-order valence-electron chi connectivity index (χ3n) is 3.51. The second-order valence-corrected chi connectivity index (χ2v) is 5.16. The van der Waals surface area contributed by atoms with Crippen molar-refractivity contribution >= 4 is 12.1 Å². The Morgan fingerprint density at radius 3 is 2.70 bits per heavy atom. The molecule has 0 aromatic heterocycles. The van der Waals surface area contributed by atoms with Crippen LogP contribution in [0.3, 0.4) is 0 Å². The van der Waals surface area contributed by atoms with Crippen molar-refractivity contribution in [2.24, 2.45) is 0 Å². The van der Waals surface area contributed by atoms with E-state index in [0.717, 1.165) is 5.56 Å². The van der Waals surface area contributed by atoms with Crippen LogP contribution in [0.15, 0.2) is 24.3 Å². The van der Waals surface area contributed by atoms with E-state index in [1.54, 1.807) is 19.1 Å². The monoisotopic (exact) mass is 281 g/mol. The Hall–Kier alpha value is -2.11. The van der Waals surface area contributed by atoms with Crippen LogP contribution < -0.4 is 0 Å². The van der Waals surface area contributed by atoms with Gasteiger partial charge in [-0.05, 0) is 31.0 Å². The average Bonchev–Trinajstić information content (AvgIpc) is 2.68. The fraction of sp³-hybridized carbons (Fsp3) is 0.429. The predicted octanol–water partition coefficient (Wildman–Crippen LogP) is 2.40. The standard InChI is InChI=1S/C14H16FNO4/c1-14(7-6-12(17)18)9-20-13(19)16(14)8-10-2-4-11(15)5-3-10/h2-5H,6-9H2,1H3,(H,17,18). The van der Waals surface area contributed by atoms with Gasteiger partial charge < -0.3 is 9.84 Å². The molecule has 1 aromatic carbocycles. The Labute approximate surface area is 116 Å². The first-order valence-corrected chi connectivity index (χ1v) is 6.31.